The van der Waals surface area contributed by atoms with Gasteiger partial charge in [-0.15, -0.1) is 0 Å². The van der Waals surface area contributed by atoms with Crippen LogP contribution in [0.4, 0.5) is 0 Å². The second-order valence-electron chi connectivity index (χ2n) is 5.62. The molecule has 1 aromatic rings. The third-order valence-electron chi connectivity index (χ3n) is 4.52. The van der Waals surface area contributed by atoms with Crippen molar-refractivity contribution in [3.05, 3.63) is 30.1 Å². The Hall–Kier alpha value is -1.46. The average molecular weight is 276 g/mol. The predicted octanol–water partition coefficient (Wildman–Crippen LogP) is 1.29. The van der Waals surface area contributed by atoms with Gasteiger partial charge in [0.15, 0.2) is 6.10 Å². The molecule has 5 nitrogen and oxygen atoms in total. The van der Waals surface area contributed by atoms with Crippen LogP contribution in [0.2, 0.25) is 0 Å². The van der Waals surface area contributed by atoms with Crippen LogP contribution in [0.25, 0.3) is 0 Å². The third-order valence-corrected chi connectivity index (χ3v) is 4.52. The fourth-order valence-corrected chi connectivity index (χ4v) is 3.38. The summed E-state index contributed by atoms with van der Waals surface area (Å²) in [5, 5.41) is 10.3. The van der Waals surface area contributed by atoms with Crippen LogP contribution in [0.1, 0.15) is 37.4 Å². The molecule has 5 heteroatoms. The molecular weight excluding hydrogens is 256 g/mol. The van der Waals surface area contributed by atoms with Crippen LogP contribution in [0.3, 0.4) is 0 Å². The lowest BCUT2D eigenvalue weighted by atomic mass is 9.87. The zero-order valence-electron chi connectivity index (χ0n) is 11.5. The molecule has 0 saturated carbocycles. The zero-order chi connectivity index (χ0) is 14.0. The number of aliphatic hydroxyl groups excluding tert-OH is 1. The second kappa shape index (κ2) is 5.50. The van der Waals surface area contributed by atoms with Crippen molar-refractivity contribution in [3.8, 4) is 0 Å². The van der Waals surface area contributed by atoms with Gasteiger partial charge in [-0.1, -0.05) is 6.07 Å². The van der Waals surface area contributed by atoms with E-state index < -0.39 is 6.10 Å². The lowest BCUT2D eigenvalue weighted by Gasteiger charge is -2.42. The van der Waals surface area contributed by atoms with Gasteiger partial charge in [0.1, 0.15) is 0 Å². The number of aliphatic hydroxyl groups is 1. The highest BCUT2D eigenvalue weighted by atomic mass is 16.5. The molecule has 1 atom stereocenters. The van der Waals surface area contributed by atoms with Gasteiger partial charge in [-0.05, 0) is 31.7 Å². The molecule has 108 valence electrons. The lowest BCUT2D eigenvalue weighted by Crippen LogP contribution is -2.52. The van der Waals surface area contributed by atoms with Crippen molar-refractivity contribution in [2.75, 3.05) is 19.8 Å². The predicted molar refractivity (Wildman–Crippen MR) is 72.9 cm³/mol. The maximum atomic E-state index is 12.6. The Morgan fingerprint density at radius 3 is 2.90 bits per heavy atom. The Morgan fingerprint density at radius 1 is 1.40 bits per heavy atom. The molecule has 1 aromatic heterocycles. The topological polar surface area (TPSA) is 62.7 Å². The molecule has 3 rings (SSSR count). The van der Waals surface area contributed by atoms with Crippen LogP contribution < -0.4 is 0 Å². The number of hydrogen-bond donors (Lipinski definition) is 1. The lowest BCUT2D eigenvalue weighted by molar-refractivity contribution is -0.148. The molecule has 2 aliphatic rings. The molecular formula is C15H20N2O3. The number of nitrogens with zero attached hydrogens (tertiary/aromatic N) is 2. The van der Waals surface area contributed by atoms with E-state index in [0.717, 1.165) is 32.2 Å². The smallest absolute Gasteiger partial charge is 0.256 e. The van der Waals surface area contributed by atoms with Gasteiger partial charge in [0, 0.05) is 43.3 Å². The maximum Gasteiger partial charge on any atom is 0.256 e. The van der Waals surface area contributed by atoms with Gasteiger partial charge in [-0.2, -0.15) is 0 Å². The van der Waals surface area contributed by atoms with E-state index in [1.165, 1.54) is 0 Å². The van der Waals surface area contributed by atoms with Gasteiger partial charge >= 0.3 is 0 Å². The largest absolute Gasteiger partial charge is 0.381 e. The molecule has 2 aliphatic heterocycles. The standard InChI is InChI=1S/C15H20N2O3/c18-13(12-3-1-7-16-11-12)14(19)17-8-2-4-15(17)5-9-20-10-6-15/h1,3,7,11,13,18H,2,4-6,8-10H2. The first-order chi connectivity index (χ1) is 9.73. The molecule has 3 heterocycles. The number of carbonyl (C=O) groups is 1. The molecule has 2 fully saturated rings. The highest BCUT2D eigenvalue weighted by Gasteiger charge is 2.45. The Kier molecular flexibility index (Phi) is 3.72. The fourth-order valence-electron chi connectivity index (χ4n) is 3.38. The number of ether oxygens (including phenoxy) is 1. The molecule has 0 aliphatic carbocycles. The Labute approximate surface area is 118 Å². The van der Waals surface area contributed by atoms with E-state index in [4.69, 9.17) is 4.74 Å². The quantitative estimate of drug-likeness (QED) is 0.884. The molecule has 1 amide bonds. The molecule has 20 heavy (non-hydrogen) atoms. The van der Waals surface area contributed by atoms with Crippen molar-refractivity contribution >= 4 is 5.91 Å². The second-order valence-corrected chi connectivity index (χ2v) is 5.62. The van der Waals surface area contributed by atoms with Gasteiger partial charge in [-0.25, -0.2) is 0 Å². The Balaban J connectivity index is 1.79. The van der Waals surface area contributed by atoms with E-state index in [1.54, 1.807) is 24.5 Å². The van der Waals surface area contributed by atoms with E-state index in [2.05, 4.69) is 4.98 Å². The van der Waals surface area contributed by atoms with Crippen molar-refractivity contribution in [2.24, 2.45) is 0 Å². The molecule has 1 unspecified atom stereocenters. The first-order valence-corrected chi connectivity index (χ1v) is 7.20. The minimum absolute atomic E-state index is 0.0987. The number of rotatable bonds is 2. The third kappa shape index (κ3) is 2.31. The highest BCUT2D eigenvalue weighted by molar-refractivity contribution is 5.83. The summed E-state index contributed by atoms with van der Waals surface area (Å²) in [4.78, 5) is 18.5. The summed E-state index contributed by atoms with van der Waals surface area (Å²) >= 11 is 0. The van der Waals surface area contributed by atoms with Crippen LogP contribution in [0.15, 0.2) is 24.5 Å². The molecule has 0 aromatic carbocycles. The van der Waals surface area contributed by atoms with Crippen molar-refractivity contribution in [1.29, 1.82) is 0 Å². The summed E-state index contributed by atoms with van der Waals surface area (Å²) in [6.45, 7) is 2.13. The number of carbonyl (C=O) groups excluding carboxylic acids is 1. The number of amides is 1. The van der Waals surface area contributed by atoms with Crippen molar-refractivity contribution < 1.29 is 14.6 Å². The van der Waals surface area contributed by atoms with E-state index in [0.29, 0.717) is 18.8 Å². The summed E-state index contributed by atoms with van der Waals surface area (Å²) in [6.07, 6.45) is 5.84. The number of aromatic nitrogens is 1. The zero-order valence-corrected chi connectivity index (χ0v) is 11.5. The highest BCUT2D eigenvalue weighted by Crippen LogP contribution is 2.39. The molecule has 1 N–H and O–H groups in total. The number of likely N-dealkylation sites (tertiary alicyclic amines) is 1. The maximum absolute atomic E-state index is 12.6. The first-order valence-electron chi connectivity index (χ1n) is 7.20. The van der Waals surface area contributed by atoms with Crippen molar-refractivity contribution in [3.63, 3.8) is 0 Å². The summed E-state index contributed by atoms with van der Waals surface area (Å²) in [6, 6.07) is 3.47. The van der Waals surface area contributed by atoms with Crippen LogP contribution in [0.5, 0.6) is 0 Å². The van der Waals surface area contributed by atoms with Crippen LogP contribution >= 0.6 is 0 Å². The minimum Gasteiger partial charge on any atom is -0.381 e. The van der Waals surface area contributed by atoms with Gasteiger partial charge in [-0.3, -0.25) is 9.78 Å². The number of pyridine rings is 1. The minimum atomic E-state index is -1.11. The van der Waals surface area contributed by atoms with E-state index >= 15 is 0 Å². The normalized spacial score (nSPS) is 22.9. The molecule has 0 radical (unpaired) electrons. The monoisotopic (exact) mass is 276 g/mol. The molecule has 1 spiro atoms. The van der Waals surface area contributed by atoms with Crippen LogP contribution in [0, 0.1) is 0 Å². The van der Waals surface area contributed by atoms with Gasteiger partial charge in [0.25, 0.3) is 5.91 Å². The Bertz CT molecular complexity index is 471. The van der Waals surface area contributed by atoms with Gasteiger partial charge in [0.2, 0.25) is 0 Å². The summed E-state index contributed by atoms with van der Waals surface area (Å²) in [7, 11) is 0. The molecule has 0 bridgehead atoms. The average Bonchev–Trinajstić information content (AvgIpc) is 2.90. The summed E-state index contributed by atoms with van der Waals surface area (Å²) in [5.74, 6) is -0.197. The van der Waals surface area contributed by atoms with Gasteiger partial charge < -0.3 is 14.7 Å². The summed E-state index contributed by atoms with van der Waals surface area (Å²) in [5.41, 5.74) is 0.463. The van der Waals surface area contributed by atoms with Crippen molar-refractivity contribution in [2.45, 2.75) is 37.3 Å². The van der Waals surface area contributed by atoms with Crippen LogP contribution in [-0.2, 0) is 9.53 Å². The van der Waals surface area contributed by atoms with E-state index in [9.17, 15) is 9.90 Å². The summed E-state index contributed by atoms with van der Waals surface area (Å²) < 4.78 is 5.42. The van der Waals surface area contributed by atoms with Crippen molar-refractivity contribution in [1.82, 2.24) is 9.88 Å². The first kappa shape index (κ1) is 13.5. The molecule has 2 saturated heterocycles. The van der Waals surface area contributed by atoms with Gasteiger partial charge in [0.05, 0.1) is 0 Å². The Morgan fingerprint density at radius 2 is 2.20 bits per heavy atom. The van der Waals surface area contributed by atoms with Crippen LogP contribution in [-0.4, -0.2) is 46.2 Å². The van der Waals surface area contributed by atoms with E-state index in [-0.39, 0.29) is 11.4 Å². The fraction of sp³-hybridized carbons (Fsp3) is 0.600. The van der Waals surface area contributed by atoms with E-state index in [1.807, 2.05) is 4.90 Å². The SMILES string of the molecule is O=C(C(O)c1cccnc1)N1CCCC12CCOCC2. The number of hydrogen-bond acceptors (Lipinski definition) is 4.